The highest BCUT2D eigenvalue weighted by atomic mass is 28.6. The van der Waals surface area contributed by atoms with E-state index < -0.39 is 266 Å². The SMILES string of the molecule is O=C(O)/C=C\C(=O)NCC[Si]12O[Si]3(CCNC(=O)/C=C\C(=O)O)O[Si]4(CCNC(=O)/C=C\C(=O)O)O[Si](CCNC(=O)/C=C\C(=O)O)(O1)O[Si]1(CCNC(=O)/C=C\C(=O)O)O[Si](CCNC(=O)/C=C\C(=O)O)(O2)O[Si](CCNC(=O)/C=C\C(=O)O)(O3)O[Si](CCNC(=O)/C=C\C(=O)O)(O4)O1. The molecular formula is C48H64N8O36Si8. The normalized spacial score (nSPS) is 26.7. The molecule has 8 bridgehead atoms. The van der Waals surface area contributed by atoms with Crippen LogP contribution in [-0.2, 0) is 126 Å². The Hall–Kier alpha value is -9.30. The minimum absolute atomic E-state index is 0.446. The van der Waals surface area contributed by atoms with Crippen molar-refractivity contribution >= 4 is 165 Å². The highest BCUT2D eigenvalue weighted by molar-refractivity contribution is 7.03. The Kier molecular flexibility index (Phi) is 29.8. The minimum atomic E-state index is -5.60. The number of carbonyl (C=O) groups is 16. The summed E-state index contributed by atoms with van der Waals surface area (Å²) in [5, 5.41) is 94.3. The molecule has 6 rings (SSSR count). The van der Waals surface area contributed by atoms with Crippen LogP contribution in [0.15, 0.2) is 97.2 Å². The van der Waals surface area contributed by atoms with E-state index in [9.17, 15) is 118 Å². The van der Waals surface area contributed by atoms with Gasteiger partial charge < -0.3 is 133 Å². The van der Waals surface area contributed by atoms with Gasteiger partial charge in [0.1, 0.15) is 0 Å². The van der Waals surface area contributed by atoms with Crippen molar-refractivity contribution in [2.75, 3.05) is 52.4 Å². The Labute approximate surface area is 570 Å². The molecule has 0 saturated carbocycles. The van der Waals surface area contributed by atoms with Gasteiger partial charge in [0.05, 0.1) is 0 Å². The van der Waals surface area contributed by atoms with Gasteiger partial charge in [0.15, 0.2) is 0 Å². The van der Waals surface area contributed by atoms with Crippen molar-refractivity contribution in [3.8, 4) is 0 Å². The fourth-order valence-electron chi connectivity index (χ4n) is 8.93. The molecule has 0 aromatic carbocycles. The molecular weight excluding hydrogens is 1490 g/mol. The maximum atomic E-state index is 13.4. The summed E-state index contributed by atoms with van der Waals surface area (Å²) < 4.78 is 87.3. The van der Waals surface area contributed by atoms with E-state index in [1.54, 1.807) is 0 Å². The number of aliphatic carboxylic acids is 8. The highest BCUT2D eigenvalue weighted by Gasteiger charge is 2.83. The Bertz CT molecular complexity index is 2750. The van der Waals surface area contributed by atoms with Crippen LogP contribution in [0.1, 0.15) is 0 Å². The third-order valence-electron chi connectivity index (χ3n) is 12.6. The third-order valence-corrected chi connectivity index (χ3v) is 49.3. The molecule has 6 fully saturated rings. The van der Waals surface area contributed by atoms with Crippen molar-refractivity contribution in [2.45, 2.75) is 48.4 Å². The quantitative estimate of drug-likeness (QED) is 0.0200. The van der Waals surface area contributed by atoms with Crippen molar-refractivity contribution < 1.29 is 167 Å². The number of carbonyl (C=O) groups excluding carboxylic acids is 8. The number of hydrogen-bond donors (Lipinski definition) is 16. The van der Waals surface area contributed by atoms with E-state index in [0.717, 1.165) is 0 Å². The van der Waals surface area contributed by atoms with E-state index in [1.807, 2.05) is 0 Å². The van der Waals surface area contributed by atoms with Crippen LogP contribution in [-0.4, -0.2) is 259 Å². The van der Waals surface area contributed by atoms with Crippen LogP contribution in [0.4, 0.5) is 0 Å². The van der Waals surface area contributed by atoms with Crippen molar-refractivity contribution in [1.82, 2.24) is 42.5 Å². The van der Waals surface area contributed by atoms with E-state index in [2.05, 4.69) is 42.5 Å². The predicted octanol–water partition coefficient (Wildman–Crippen LogP) is -6.18. The van der Waals surface area contributed by atoms with E-state index in [-0.39, 0.29) is 0 Å². The molecule has 0 aromatic rings. The van der Waals surface area contributed by atoms with Crippen LogP contribution >= 0.6 is 0 Å². The highest BCUT2D eigenvalue weighted by Crippen LogP contribution is 2.53. The van der Waals surface area contributed by atoms with Crippen LogP contribution in [0, 0.1) is 0 Å². The first kappa shape index (κ1) is 81.4. The van der Waals surface area contributed by atoms with E-state index in [1.165, 1.54) is 0 Å². The summed E-state index contributed by atoms with van der Waals surface area (Å²) in [5.74, 6) is -21.5. The first-order chi connectivity index (χ1) is 47.0. The summed E-state index contributed by atoms with van der Waals surface area (Å²) in [5.41, 5.74) is 0. The Morgan fingerprint density at radius 2 is 0.270 bits per heavy atom. The number of amides is 8. The zero-order valence-electron chi connectivity index (χ0n) is 51.6. The fourth-order valence-corrected chi connectivity index (χ4v) is 57.9. The summed E-state index contributed by atoms with van der Waals surface area (Å²) in [7, 11) is -44.8. The van der Waals surface area contributed by atoms with Gasteiger partial charge in [-0.25, -0.2) is 38.4 Å². The van der Waals surface area contributed by atoms with Gasteiger partial charge in [0, 0.05) is 198 Å². The Balaban J connectivity index is 2.03. The zero-order chi connectivity index (χ0) is 74.0. The monoisotopic (exact) mass is 1550 g/mol. The predicted molar refractivity (Wildman–Crippen MR) is 336 cm³/mol. The second-order valence-corrected chi connectivity index (χ2v) is 45.1. The lowest BCUT2D eigenvalue weighted by Gasteiger charge is -2.63. The first-order valence-electron chi connectivity index (χ1n) is 28.9. The molecule has 0 aromatic heterocycles. The summed E-state index contributed by atoms with van der Waals surface area (Å²) in [6.45, 7) is -5.88. The maximum absolute atomic E-state index is 13.4. The maximum Gasteiger partial charge on any atom is 0.480 e. The molecule has 16 N–H and O–H groups in total. The van der Waals surface area contributed by atoms with Crippen molar-refractivity contribution in [3.63, 3.8) is 0 Å². The second kappa shape index (κ2) is 36.7. The molecule has 0 spiro atoms. The lowest BCUT2D eigenvalue weighted by molar-refractivity contribution is -0.132. The number of carboxylic acid groups (broad SMARTS) is 8. The topological polar surface area (TPSA) is 642 Å². The van der Waals surface area contributed by atoms with Gasteiger partial charge >= 0.3 is 118 Å². The van der Waals surface area contributed by atoms with E-state index in [4.69, 9.17) is 49.4 Å². The van der Waals surface area contributed by atoms with Crippen LogP contribution < -0.4 is 42.5 Å². The van der Waals surface area contributed by atoms with Gasteiger partial charge in [-0.1, -0.05) is 0 Å². The molecule has 52 heteroatoms. The third kappa shape index (κ3) is 27.1. The van der Waals surface area contributed by atoms with Gasteiger partial charge in [0.25, 0.3) is 0 Å². The van der Waals surface area contributed by atoms with Gasteiger partial charge in [-0.05, 0) is 0 Å². The lowest BCUT2D eigenvalue weighted by atomic mass is 10.4. The molecule has 6 aliphatic rings. The zero-order valence-corrected chi connectivity index (χ0v) is 59.6. The molecule has 0 unspecified atom stereocenters. The van der Waals surface area contributed by atoms with E-state index in [0.29, 0.717) is 97.2 Å². The minimum Gasteiger partial charge on any atom is -0.478 e. The van der Waals surface area contributed by atoms with Gasteiger partial charge in [-0.3, -0.25) is 38.4 Å². The van der Waals surface area contributed by atoms with Gasteiger partial charge in [0.2, 0.25) is 47.3 Å². The van der Waals surface area contributed by atoms with Crippen molar-refractivity contribution in [3.05, 3.63) is 97.2 Å². The summed E-state index contributed by atoms with van der Waals surface area (Å²) in [6.07, 6.45) is 8.21. The molecule has 0 radical (unpaired) electrons. The molecule has 8 amide bonds. The average molecular weight is 1550 g/mol. The van der Waals surface area contributed by atoms with Crippen molar-refractivity contribution in [2.24, 2.45) is 0 Å². The molecule has 6 saturated heterocycles. The molecule has 100 heavy (non-hydrogen) atoms. The van der Waals surface area contributed by atoms with Gasteiger partial charge in [-0.2, -0.15) is 0 Å². The molecule has 0 atom stereocenters. The Morgan fingerprint density at radius 3 is 0.350 bits per heavy atom. The summed E-state index contributed by atoms with van der Waals surface area (Å²) in [6, 6.07) is -6.68. The van der Waals surface area contributed by atoms with Gasteiger partial charge in [-0.15, -0.1) is 0 Å². The number of hydrogen-bond acceptors (Lipinski definition) is 28. The molecule has 6 aliphatic heterocycles. The standard InChI is InChI=1S/C48H64N8O36Si8/c57-33(1-9-41(65)66)49-17-25-93-81-94(26-18-50-34(58)2-10-42(67)68)84-97(29-21-53-37(61)5-13-45(73)74)86-95(82-93,27-19-51-35(59)3-11-43(69)70)88-99(31-23-55-39(63)7-15-47(77)78)89-96(83-93,28-20-52-36(60)4-12-44(71)72)87-98(85-94,30-22-54-38(62)6-14-46(75)76)91-100(90-97,92-99)32-24-56-40(64)8-16-48(79)80/h1-16H,17-32H2,(H,49,57)(H,50,58)(H,51,59)(H,52,60)(H,53,61)(H,54,62)(H,55,63)(H,56,64)(H,65,66)(H,67,68)(H,69,70)(H,71,72)(H,73,74)(H,75,76)(H,77,78)(H,79,80)/b9-1-,10-2-,11-3-,12-4-,13-5-,14-6-,15-7-,16-8-. The van der Waals surface area contributed by atoms with Crippen LogP contribution in [0.25, 0.3) is 0 Å². The summed E-state index contributed by atoms with van der Waals surface area (Å²) >= 11 is 0. The lowest BCUT2D eigenvalue weighted by Crippen LogP contribution is -2.89. The van der Waals surface area contributed by atoms with Crippen molar-refractivity contribution in [1.29, 1.82) is 0 Å². The number of nitrogens with one attached hydrogen (secondary N) is 8. The van der Waals surface area contributed by atoms with Crippen LogP contribution in [0.5, 0.6) is 0 Å². The fraction of sp³-hybridized carbons (Fsp3) is 0.333. The van der Waals surface area contributed by atoms with Crippen LogP contribution in [0.2, 0.25) is 48.4 Å². The average Bonchev–Trinajstić information content (AvgIpc) is 0.688. The molecule has 544 valence electrons. The number of rotatable bonds is 40. The van der Waals surface area contributed by atoms with E-state index >= 15 is 0 Å². The first-order valence-corrected chi connectivity index (χ1v) is 44.4. The smallest absolute Gasteiger partial charge is 0.478 e. The summed E-state index contributed by atoms with van der Waals surface area (Å²) in [4.78, 5) is 199. The second-order valence-electron chi connectivity index (χ2n) is 20.4. The molecule has 44 nitrogen and oxygen atoms in total. The number of carboxylic acids is 8. The van der Waals surface area contributed by atoms with Crippen LogP contribution in [0.3, 0.4) is 0 Å². The molecule has 0 aliphatic carbocycles. The largest absolute Gasteiger partial charge is 0.480 e. The molecule has 6 heterocycles. The Morgan fingerprint density at radius 1 is 0.180 bits per heavy atom.